The minimum absolute atomic E-state index is 0.920. The summed E-state index contributed by atoms with van der Waals surface area (Å²) >= 11 is 3.44. The second-order valence-electron chi connectivity index (χ2n) is 3.66. The Morgan fingerprint density at radius 1 is 1.31 bits per heavy atom. The van der Waals surface area contributed by atoms with Gasteiger partial charge in [0.2, 0.25) is 0 Å². The molecule has 0 bridgehead atoms. The van der Waals surface area contributed by atoms with Crippen LogP contribution < -0.4 is 4.90 Å². The highest BCUT2D eigenvalue weighted by Gasteiger charge is 2.24. The molecule has 0 spiro atoms. The van der Waals surface area contributed by atoms with Crippen molar-refractivity contribution in [3.05, 3.63) is 28.7 Å². The molecule has 1 heterocycles. The predicted molar refractivity (Wildman–Crippen MR) is 60.1 cm³/mol. The van der Waals surface area contributed by atoms with Crippen molar-refractivity contribution in [2.45, 2.75) is 13.3 Å². The first-order chi connectivity index (χ1) is 6.29. The van der Waals surface area contributed by atoms with Crippen molar-refractivity contribution < 1.29 is 0 Å². The minimum Gasteiger partial charge on any atom is -0.371 e. The van der Waals surface area contributed by atoms with Crippen LogP contribution in [0.4, 0.5) is 5.69 Å². The average Bonchev–Trinajstić information content (AvgIpc) is 2.06. The normalized spacial score (nSPS) is 17.2. The fourth-order valence-electron chi connectivity index (χ4n) is 1.69. The van der Waals surface area contributed by atoms with E-state index in [2.05, 4.69) is 52.0 Å². The van der Waals surface area contributed by atoms with E-state index in [1.54, 1.807) is 0 Å². The summed E-state index contributed by atoms with van der Waals surface area (Å²) in [5, 5.41) is 0. The molecular formula is C11H14BrN. The SMILES string of the molecule is CCC1CN(c2ccc(Br)cc2)C1. The van der Waals surface area contributed by atoms with Crippen LogP contribution in [0.3, 0.4) is 0 Å². The lowest BCUT2D eigenvalue weighted by molar-refractivity contribution is 0.399. The molecule has 2 heteroatoms. The van der Waals surface area contributed by atoms with Crippen LogP contribution in [0.25, 0.3) is 0 Å². The van der Waals surface area contributed by atoms with Crippen LogP contribution in [0.2, 0.25) is 0 Å². The number of halogens is 1. The van der Waals surface area contributed by atoms with E-state index in [0.29, 0.717) is 0 Å². The van der Waals surface area contributed by atoms with Gasteiger partial charge in [-0.25, -0.2) is 0 Å². The summed E-state index contributed by atoms with van der Waals surface area (Å²) < 4.78 is 1.16. The molecule has 1 aliphatic heterocycles. The Hall–Kier alpha value is -0.500. The van der Waals surface area contributed by atoms with E-state index in [9.17, 15) is 0 Å². The van der Waals surface area contributed by atoms with Gasteiger partial charge in [-0.2, -0.15) is 0 Å². The molecule has 0 radical (unpaired) electrons. The third-order valence-corrected chi connectivity index (χ3v) is 3.25. The third-order valence-electron chi connectivity index (χ3n) is 2.73. The number of hydrogen-bond acceptors (Lipinski definition) is 1. The molecule has 0 unspecified atom stereocenters. The van der Waals surface area contributed by atoms with Gasteiger partial charge in [-0.15, -0.1) is 0 Å². The molecule has 1 saturated heterocycles. The molecule has 1 nitrogen and oxygen atoms in total. The molecule has 0 aliphatic carbocycles. The highest BCUT2D eigenvalue weighted by molar-refractivity contribution is 9.10. The highest BCUT2D eigenvalue weighted by Crippen LogP contribution is 2.27. The van der Waals surface area contributed by atoms with Gasteiger partial charge in [0.05, 0.1) is 0 Å². The third kappa shape index (κ3) is 1.88. The quantitative estimate of drug-likeness (QED) is 0.766. The largest absolute Gasteiger partial charge is 0.371 e. The molecule has 1 aromatic carbocycles. The lowest BCUT2D eigenvalue weighted by Crippen LogP contribution is -2.46. The van der Waals surface area contributed by atoms with E-state index in [1.165, 1.54) is 25.2 Å². The van der Waals surface area contributed by atoms with Crippen LogP contribution >= 0.6 is 15.9 Å². The molecule has 13 heavy (non-hydrogen) atoms. The van der Waals surface area contributed by atoms with Gasteiger partial charge >= 0.3 is 0 Å². The number of rotatable bonds is 2. The second kappa shape index (κ2) is 3.70. The number of benzene rings is 1. The smallest absolute Gasteiger partial charge is 0.0367 e. The molecule has 1 aromatic rings. The van der Waals surface area contributed by atoms with Gasteiger partial charge in [0, 0.05) is 23.2 Å². The maximum atomic E-state index is 3.44. The number of nitrogens with zero attached hydrogens (tertiary/aromatic N) is 1. The topological polar surface area (TPSA) is 3.24 Å². The highest BCUT2D eigenvalue weighted by atomic mass is 79.9. The average molecular weight is 240 g/mol. The van der Waals surface area contributed by atoms with Crippen molar-refractivity contribution in [3.63, 3.8) is 0 Å². The zero-order valence-electron chi connectivity index (χ0n) is 7.83. The van der Waals surface area contributed by atoms with Crippen molar-refractivity contribution in [2.75, 3.05) is 18.0 Å². The van der Waals surface area contributed by atoms with Crippen molar-refractivity contribution >= 4 is 21.6 Å². The molecule has 0 atom stereocenters. The van der Waals surface area contributed by atoms with Crippen molar-refractivity contribution in [3.8, 4) is 0 Å². The van der Waals surface area contributed by atoms with Crippen LogP contribution in [0.15, 0.2) is 28.7 Å². The van der Waals surface area contributed by atoms with Gasteiger partial charge in [0.25, 0.3) is 0 Å². The zero-order valence-corrected chi connectivity index (χ0v) is 9.42. The monoisotopic (exact) mass is 239 g/mol. The van der Waals surface area contributed by atoms with Crippen molar-refractivity contribution in [1.82, 2.24) is 0 Å². The number of anilines is 1. The molecule has 0 saturated carbocycles. The molecule has 0 N–H and O–H groups in total. The van der Waals surface area contributed by atoms with Gasteiger partial charge in [-0.05, 0) is 36.6 Å². The lowest BCUT2D eigenvalue weighted by atomic mass is 9.97. The van der Waals surface area contributed by atoms with Crippen molar-refractivity contribution in [2.24, 2.45) is 5.92 Å². The summed E-state index contributed by atoms with van der Waals surface area (Å²) in [6.07, 6.45) is 1.31. The number of hydrogen-bond donors (Lipinski definition) is 0. The molecule has 1 fully saturated rings. The van der Waals surface area contributed by atoms with Crippen LogP contribution in [-0.4, -0.2) is 13.1 Å². The van der Waals surface area contributed by atoms with E-state index in [4.69, 9.17) is 0 Å². The Balaban J connectivity index is 1.99. The summed E-state index contributed by atoms with van der Waals surface area (Å²) in [5.41, 5.74) is 1.35. The van der Waals surface area contributed by atoms with E-state index in [0.717, 1.165) is 10.4 Å². The summed E-state index contributed by atoms with van der Waals surface area (Å²) in [7, 11) is 0. The first kappa shape index (κ1) is 9.07. The Morgan fingerprint density at radius 2 is 1.92 bits per heavy atom. The maximum absolute atomic E-state index is 3.44. The van der Waals surface area contributed by atoms with Crippen molar-refractivity contribution in [1.29, 1.82) is 0 Å². The van der Waals surface area contributed by atoms with Crippen LogP contribution in [0, 0.1) is 5.92 Å². The lowest BCUT2D eigenvalue weighted by Gasteiger charge is -2.40. The van der Waals surface area contributed by atoms with Gasteiger partial charge in [-0.1, -0.05) is 22.9 Å². The first-order valence-corrected chi connectivity index (χ1v) is 5.59. The van der Waals surface area contributed by atoms with Gasteiger partial charge in [0.1, 0.15) is 0 Å². The summed E-state index contributed by atoms with van der Waals surface area (Å²) in [6, 6.07) is 8.56. The predicted octanol–water partition coefficient (Wildman–Crippen LogP) is 3.30. The van der Waals surface area contributed by atoms with Gasteiger partial charge in [0.15, 0.2) is 0 Å². The Kier molecular flexibility index (Phi) is 2.58. The molecule has 70 valence electrons. The molecule has 0 aromatic heterocycles. The van der Waals surface area contributed by atoms with Crippen LogP contribution in [0.5, 0.6) is 0 Å². The van der Waals surface area contributed by atoms with E-state index >= 15 is 0 Å². The molecular weight excluding hydrogens is 226 g/mol. The van der Waals surface area contributed by atoms with Gasteiger partial charge < -0.3 is 4.90 Å². The van der Waals surface area contributed by atoms with E-state index in [-0.39, 0.29) is 0 Å². The molecule has 2 rings (SSSR count). The summed E-state index contributed by atoms with van der Waals surface area (Å²) in [4.78, 5) is 2.43. The molecule has 0 amide bonds. The van der Waals surface area contributed by atoms with Gasteiger partial charge in [-0.3, -0.25) is 0 Å². The van der Waals surface area contributed by atoms with E-state index in [1.807, 2.05) is 0 Å². The minimum atomic E-state index is 0.920. The summed E-state index contributed by atoms with van der Waals surface area (Å²) in [6.45, 7) is 4.74. The Bertz CT molecular complexity index is 275. The summed E-state index contributed by atoms with van der Waals surface area (Å²) in [5.74, 6) is 0.920. The zero-order chi connectivity index (χ0) is 9.26. The first-order valence-electron chi connectivity index (χ1n) is 4.80. The fraction of sp³-hybridized carbons (Fsp3) is 0.455. The van der Waals surface area contributed by atoms with Crippen LogP contribution in [0.1, 0.15) is 13.3 Å². The second-order valence-corrected chi connectivity index (χ2v) is 4.57. The Labute approximate surface area is 87.9 Å². The van der Waals surface area contributed by atoms with Crippen LogP contribution in [-0.2, 0) is 0 Å². The standard InChI is InChI=1S/C11H14BrN/c1-2-9-7-13(8-9)11-5-3-10(12)4-6-11/h3-6,9H,2,7-8H2,1H3. The maximum Gasteiger partial charge on any atom is 0.0367 e. The molecule has 1 aliphatic rings. The Morgan fingerprint density at radius 3 is 2.46 bits per heavy atom. The van der Waals surface area contributed by atoms with E-state index < -0.39 is 0 Å². The fourth-order valence-corrected chi connectivity index (χ4v) is 1.96.